The molecule has 0 aliphatic rings. The number of hydrogen-bond acceptors (Lipinski definition) is 2. The second-order valence-corrected chi connectivity index (χ2v) is 2.83. The molecular formula is C9H4F5NO. The molecule has 0 fully saturated rings. The lowest BCUT2D eigenvalue weighted by atomic mass is 10.1. The second kappa shape index (κ2) is 4.02. The van der Waals surface area contributed by atoms with E-state index < -0.39 is 17.7 Å². The molecule has 16 heavy (non-hydrogen) atoms. The molecule has 0 heterocycles. The van der Waals surface area contributed by atoms with Crippen LogP contribution in [0.1, 0.15) is 5.56 Å². The maximum Gasteiger partial charge on any atom is 0.458 e. The van der Waals surface area contributed by atoms with Gasteiger partial charge in [-0.25, -0.2) is 4.79 Å². The van der Waals surface area contributed by atoms with Gasteiger partial charge in [-0.3, -0.25) is 0 Å². The summed E-state index contributed by atoms with van der Waals surface area (Å²) in [5.41, 5.74) is -1.58. The molecule has 0 aliphatic heterocycles. The van der Waals surface area contributed by atoms with Crippen molar-refractivity contribution in [3.05, 3.63) is 29.8 Å². The summed E-state index contributed by atoms with van der Waals surface area (Å²) in [7, 11) is 0. The number of rotatable bonds is 2. The van der Waals surface area contributed by atoms with Crippen LogP contribution >= 0.6 is 0 Å². The van der Waals surface area contributed by atoms with E-state index in [-0.39, 0.29) is 5.69 Å². The Morgan fingerprint density at radius 3 is 2.25 bits per heavy atom. The highest BCUT2D eigenvalue weighted by Crippen LogP contribution is 2.44. The number of halogens is 5. The summed E-state index contributed by atoms with van der Waals surface area (Å²) in [6, 6.07) is 3.15. The van der Waals surface area contributed by atoms with E-state index in [9.17, 15) is 26.7 Å². The van der Waals surface area contributed by atoms with Crippen LogP contribution in [0.4, 0.5) is 27.6 Å². The smallest absolute Gasteiger partial charge is 0.211 e. The fourth-order valence-electron chi connectivity index (χ4n) is 0.987. The molecule has 0 saturated heterocycles. The third kappa shape index (κ3) is 2.25. The van der Waals surface area contributed by atoms with E-state index in [1.54, 1.807) is 0 Å². The maximum absolute atomic E-state index is 12.8. The van der Waals surface area contributed by atoms with Crippen molar-refractivity contribution in [3.63, 3.8) is 0 Å². The molecule has 0 spiro atoms. The molecule has 86 valence electrons. The van der Waals surface area contributed by atoms with E-state index in [0.29, 0.717) is 12.1 Å². The van der Waals surface area contributed by atoms with E-state index in [1.807, 2.05) is 0 Å². The second-order valence-electron chi connectivity index (χ2n) is 2.83. The highest BCUT2D eigenvalue weighted by Gasteiger charge is 2.58. The first kappa shape index (κ1) is 12.3. The Bertz CT molecular complexity index is 434. The maximum atomic E-state index is 12.8. The fourth-order valence-corrected chi connectivity index (χ4v) is 0.987. The minimum atomic E-state index is -5.68. The molecular weight excluding hydrogens is 233 g/mol. The Balaban J connectivity index is 3.23. The Hall–Kier alpha value is -1.75. The van der Waals surface area contributed by atoms with E-state index in [0.717, 1.165) is 18.2 Å². The summed E-state index contributed by atoms with van der Waals surface area (Å²) in [6.07, 6.45) is -4.63. The molecule has 0 aliphatic carbocycles. The highest BCUT2D eigenvalue weighted by atomic mass is 19.4. The zero-order valence-electron chi connectivity index (χ0n) is 7.55. The van der Waals surface area contributed by atoms with Crippen LogP contribution < -0.4 is 0 Å². The largest absolute Gasteiger partial charge is 0.458 e. The Kier molecular flexibility index (Phi) is 3.09. The molecule has 0 radical (unpaired) electrons. The van der Waals surface area contributed by atoms with Crippen LogP contribution in [0.25, 0.3) is 0 Å². The summed E-state index contributed by atoms with van der Waals surface area (Å²) in [4.78, 5) is 12.8. The van der Waals surface area contributed by atoms with Crippen molar-refractivity contribution >= 4 is 11.8 Å². The Morgan fingerprint density at radius 2 is 1.75 bits per heavy atom. The van der Waals surface area contributed by atoms with Gasteiger partial charge in [0.2, 0.25) is 6.08 Å². The molecule has 1 rings (SSSR count). The first-order valence-electron chi connectivity index (χ1n) is 3.92. The Labute approximate surface area is 86.4 Å². The van der Waals surface area contributed by atoms with Crippen LogP contribution in [0, 0.1) is 0 Å². The van der Waals surface area contributed by atoms with Crippen LogP contribution in [0.2, 0.25) is 0 Å². The number of benzene rings is 1. The van der Waals surface area contributed by atoms with Crippen LogP contribution in [0.3, 0.4) is 0 Å². The van der Waals surface area contributed by atoms with Crippen molar-refractivity contribution < 1.29 is 26.7 Å². The van der Waals surface area contributed by atoms with Gasteiger partial charge in [0.25, 0.3) is 0 Å². The predicted molar refractivity (Wildman–Crippen MR) is 44.2 cm³/mol. The van der Waals surface area contributed by atoms with E-state index >= 15 is 0 Å². The van der Waals surface area contributed by atoms with Gasteiger partial charge in [0.05, 0.1) is 5.69 Å². The molecule has 0 bridgehead atoms. The normalized spacial score (nSPS) is 12.1. The lowest BCUT2D eigenvalue weighted by Gasteiger charge is -2.19. The van der Waals surface area contributed by atoms with Crippen molar-refractivity contribution in [1.82, 2.24) is 0 Å². The summed E-state index contributed by atoms with van der Waals surface area (Å²) < 4.78 is 61.6. The lowest BCUT2D eigenvalue weighted by Crippen LogP contribution is -2.33. The topological polar surface area (TPSA) is 29.4 Å². The van der Waals surface area contributed by atoms with Gasteiger partial charge >= 0.3 is 12.1 Å². The average molecular weight is 237 g/mol. The van der Waals surface area contributed by atoms with Gasteiger partial charge in [0, 0.05) is 5.56 Å². The third-order valence-electron chi connectivity index (χ3n) is 1.74. The highest BCUT2D eigenvalue weighted by molar-refractivity contribution is 5.50. The van der Waals surface area contributed by atoms with Crippen molar-refractivity contribution in [2.24, 2.45) is 4.99 Å². The predicted octanol–water partition coefficient (Wildman–Crippen LogP) is 3.31. The van der Waals surface area contributed by atoms with Gasteiger partial charge in [-0.15, -0.1) is 0 Å². The molecule has 0 unspecified atom stereocenters. The summed E-state index contributed by atoms with van der Waals surface area (Å²) >= 11 is 0. The number of carbonyl (C=O) groups excluding carboxylic acids is 1. The quantitative estimate of drug-likeness (QED) is 0.440. The summed E-state index contributed by atoms with van der Waals surface area (Å²) in [5.74, 6) is -4.97. The van der Waals surface area contributed by atoms with E-state index in [1.165, 1.54) is 0 Å². The van der Waals surface area contributed by atoms with Gasteiger partial charge in [-0.1, -0.05) is 12.1 Å². The van der Waals surface area contributed by atoms with Crippen molar-refractivity contribution in [2.75, 3.05) is 0 Å². The molecule has 0 atom stereocenters. The molecule has 1 aromatic rings. The molecule has 1 aromatic carbocycles. The van der Waals surface area contributed by atoms with Gasteiger partial charge in [0.1, 0.15) is 0 Å². The zero-order chi connectivity index (χ0) is 12.4. The molecule has 2 nitrogen and oxygen atoms in total. The summed E-state index contributed by atoms with van der Waals surface area (Å²) in [6.45, 7) is 0. The molecule has 7 heteroatoms. The number of isocyanates is 1. The number of alkyl halides is 5. The minimum absolute atomic E-state index is 0.309. The van der Waals surface area contributed by atoms with Crippen molar-refractivity contribution in [1.29, 1.82) is 0 Å². The monoisotopic (exact) mass is 237 g/mol. The van der Waals surface area contributed by atoms with Crippen LogP contribution in [0.5, 0.6) is 0 Å². The number of aliphatic imine (C=N–C) groups is 1. The van der Waals surface area contributed by atoms with E-state index in [2.05, 4.69) is 4.99 Å². The average Bonchev–Trinajstić information content (AvgIpc) is 2.17. The zero-order valence-corrected chi connectivity index (χ0v) is 7.55. The first-order chi connectivity index (χ1) is 7.29. The van der Waals surface area contributed by atoms with Crippen LogP contribution in [-0.4, -0.2) is 12.3 Å². The van der Waals surface area contributed by atoms with Crippen LogP contribution in [0.15, 0.2) is 29.3 Å². The molecule has 0 N–H and O–H groups in total. The lowest BCUT2D eigenvalue weighted by molar-refractivity contribution is -0.289. The first-order valence-corrected chi connectivity index (χ1v) is 3.92. The van der Waals surface area contributed by atoms with Gasteiger partial charge < -0.3 is 0 Å². The number of hydrogen-bond donors (Lipinski definition) is 0. The van der Waals surface area contributed by atoms with Gasteiger partial charge in [0.15, 0.2) is 0 Å². The molecule has 0 saturated carbocycles. The van der Waals surface area contributed by atoms with Crippen molar-refractivity contribution in [3.8, 4) is 0 Å². The third-order valence-corrected chi connectivity index (χ3v) is 1.74. The van der Waals surface area contributed by atoms with Crippen LogP contribution in [-0.2, 0) is 10.7 Å². The minimum Gasteiger partial charge on any atom is -0.211 e. The fraction of sp³-hybridized carbons (Fsp3) is 0.222. The number of nitrogens with zero attached hydrogens (tertiary/aromatic N) is 1. The summed E-state index contributed by atoms with van der Waals surface area (Å²) in [5, 5.41) is 0. The van der Waals surface area contributed by atoms with Crippen molar-refractivity contribution in [2.45, 2.75) is 12.1 Å². The SMILES string of the molecule is O=C=Nc1cccc(C(F)(F)C(F)(F)F)c1. The molecule has 0 aromatic heterocycles. The molecule has 0 amide bonds. The van der Waals surface area contributed by atoms with Gasteiger partial charge in [-0.05, 0) is 12.1 Å². The van der Waals surface area contributed by atoms with Gasteiger partial charge in [-0.2, -0.15) is 26.9 Å². The van der Waals surface area contributed by atoms with E-state index in [4.69, 9.17) is 0 Å². The standard InChI is InChI=1S/C9H4F5NO/c10-8(11,9(12,13)14)6-2-1-3-7(4-6)15-5-16/h1-4H. The Morgan fingerprint density at radius 1 is 1.12 bits per heavy atom.